The molecule has 2 atom stereocenters. The minimum absolute atomic E-state index is 0.0810. The molecule has 0 spiro atoms. The van der Waals surface area contributed by atoms with Crippen LogP contribution in [0.4, 0.5) is 0 Å². The van der Waals surface area contributed by atoms with E-state index in [9.17, 15) is 4.79 Å². The highest BCUT2D eigenvalue weighted by Gasteiger charge is 2.16. The van der Waals surface area contributed by atoms with Gasteiger partial charge in [-0.2, -0.15) is 0 Å². The van der Waals surface area contributed by atoms with E-state index in [1.54, 1.807) is 0 Å². The maximum atomic E-state index is 10.4. The van der Waals surface area contributed by atoms with Gasteiger partial charge in [-0.05, 0) is 17.8 Å². The lowest BCUT2D eigenvalue weighted by Crippen LogP contribution is -2.13. The lowest BCUT2D eigenvalue weighted by atomic mass is 9.84. The molecule has 0 saturated carbocycles. The molecule has 0 amide bonds. The van der Waals surface area contributed by atoms with Crippen molar-refractivity contribution in [3.63, 3.8) is 0 Å². The highest BCUT2D eigenvalue weighted by molar-refractivity contribution is 5.66. The summed E-state index contributed by atoms with van der Waals surface area (Å²) >= 11 is 0. The summed E-state index contributed by atoms with van der Waals surface area (Å²) in [5.74, 6) is -1.10. The zero-order valence-electron chi connectivity index (χ0n) is 8.72. The van der Waals surface area contributed by atoms with Crippen molar-refractivity contribution in [1.82, 2.24) is 0 Å². The average Bonchev–Trinajstić information content (AvgIpc) is 1.82. The molecule has 11 heavy (non-hydrogen) atoms. The van der Waals surface area contributed by atoms with Crippen LogP contribution in [0, 0.1) is 11.3 Å². The van der Waals surface area contributed by atoms with Crippen molar-refractivity contribution >= 4 is 5.97 Å². The third-order valence-corrected chi connectivity index (χ3v) is 1.36. The molecule has 0 aromatic carbocycles. The first-order valence-corrected chi connectivity index (χ1v) is 3.89. The maximum Gasteiger partial charge on any atom is 0.303 e. The van der Waals surface area contributed by atoms with E-state index >= 15 is 0 Å². The van der Waals surface area contributed by atoms with Gasteiger partial charge in [-0.3, -0.25) is 4.79 Å². The first-order chi connectivity index (χ1) is 5.24. The van der Waals surface area contributed by atoms with Gasteiger partial charge in [0.05, 0.1) is 0 Å². The van der Waals surface area contributed by atoms with Crippen LogP contribution in [0.3, 0.4) is 0 Å². The van der Waals surface area contributed by atoms with Gasteiger partial charge in [0.2, 0.25) is 0 Å². The Morgan fingerprint density at radius 1 is 1.64 bits per heavy atom. The van der Waals surface area contributed by atoms with Crippen LogP contribution in [0.2, 0.25) is 0 Å². The van der Waals surface area contributed by atoms with Gasteiger partial charge in [0.1, 0.15) is 0 Å². The maximum absolute atomic E-state index is 10.4. The van der Waals surface area contributed by atoms with Crippen molar-refractivity contribution in [3.8, 4) is 0 Å². The van der Waals surface area contributed by atoms with Crippen molar-refractivity contribution in [2.45, 2.75) is 40.5 Å². The first kappa shape index (κ1) is 8.57. The van der Waals surface area contributed by atoms with Crippen LogP contribution in [-0.2, 0) is 4.79 Å². The molecule has 2 heteroatoms. The molecule has 0 aromatic heterocycles. The molecule has 2 unspecified atom stereocenters. The third kappa shape index (κ3) is 7.37. The lowest BCUT2D eigenvalue weighted by Gasteiger charge is -2.21. The quantitative estimate of drug-likeness (QED) is 0.687. The van der Waals surface area contributed by atoms with Crippen molar-refractivity contribution in [2.24, 2.45) is 11.3 Å². The van der Waals surface area contributed by atoms with Crippen molar-refractivity contribution in [3.05, 3.63) is 0 Å². The van der Waals surface area contributed by atoms with Gasteiger partial charge in [-0.1, -0.05) is 27.7 Å². The summed E-state index contributed by atoms with van der Waals surface area (Å²) in [5.41, 5.74) is 0.105. The number of carboxylic acids is 1. The molecule has 0 aliphatic rings. The zero-order chi connectivity index (χ0) is 9.94. The van der Waals surface area contributed by atoms with Crippen molar-refractivity contribution in [1.29, 1.82) is 0 Å². The second-order valence-electron chi connectivity index (χ2n) is 4.25. The van der Waals surface area contributed by atoms with E-state index in [2.05, 4.69) is 20.8 Å². The fourth-order valence-corrected chi connectivity index (χ4v) is 1.27. The number of carboxylic acid groups (broad SMARTS) is 1. The van der Waals surface area contributed by atoms with E-state index in [1.165, 1.54) is 0 Å². The van der Waals surface area contributed by atoms with Crippen molar-refractivity contribution in [2.75, 3.05) is 0 Å². The molecule has 0 saturated heterocycles. The molecule has 0 aromatic rings. The molecule has 0 rings (SSSR count). The Labute approximate surface area is 70.0 Å². The number of hydrogen-bond donors (Lipinski definition) is 1. The summed E-state index contributed by atoms with van der Waals surface area (Å²) in [6.07, 6.45) is -0.211. The Morgan fingerprint density at radius 2 is 2.09 bits per heavy atom. The molecule has 0 bridgehead atoms. The molecular weight excluding hydrogens is 140 g/mol. The molecule has 0 heterocycles. The lowest BCUT2D eigenvalue weighted by molar-refractivity contribution is -0.138. The summed E-state index contributed by atoms with van der Waals surface area (Å²) in [6, 6.07) is 0. The van der Waals surface area contributed by atoms with Crippen LogP contribution in [0.5, 0.6) is 0 Å². The molecule has 0 radical (unpaired) electrons. The number of aliphatic carboxylic acids is 1. The predicted octanol–water partition coefficient (Wildman–Crippen LogP) is 2.53. The first-order valence-electron chi connectivity index (χ1n) is 4.47. The fraction of sp³-hybridized carbons (Fsp3) is 0.889. The largest absolute Gasteiger partial charge is 0.481 e. The van der Waals surface area contributed by atoms with E-state index in [0.29, 0.717) is 0 Å². The van der Waals surface area contributed by atoms with Crippen LogP contribution in [0.25, 0.3) is 0 Å². The zero-order valence-corrected chi connectivity index (χ0v) is 7.72. The van der Waals surface area contributed by atoms with E-state index in [-0.39, 0.29) is 11.3 Å². The second-order valence-corrected chi connectivity index (χ2v) is 4.25. The normalized spacial score (nSPS) is 18.7. The molecule has 0 fully saturated rings. The summed E-state index contributed by atoms with van der Waals surface area (Å²) in [6.45, 7) is 7.98. The Bertz CT molecular complexity index is 160. The number of hydrogen-bond acceptors (Lipinski definition) is 1. The number of carbonyl (C=O) groups is 1. The standard InChI is InChI=1S/C9H18O2/c1-7(5-8(10)11)6-9(2,3)4/h7H,5-6H2,1-4H3,(H,10,11)/i5D. The molecule has 0 aliphatic carbocycles. The minimum Gasteiger partial charge on any atom is -0.481 e. The highest BCUT2D eigenvalue weighted by atomic mass is 16.4. The van der Waals surface area contributed by atoms with Gasteiger partial charge in [-0.15, -0.1) is 0 Å². The van der Waals surface area contributed by atoms with E-state index in [0.717, 1.165) is 6.42 Å². The Kier molecular flexibility index (Phi) is 2.92. The van der Waals surface area contributed by atoms with Gasteiger partial charge in [0.25, 0.3) is 0 Å². The average molecular weight is 159 g/mol. The Balaban J connectivity index is 4.04. The van der Waals surface area contributed by atoms with Gasteiger partial charge < -0.3 is 5.11 Å². The molecule has 2 nitrogen and oxygen atoms in total. The molecule has 0 aliphatic heterocycles. The summed E-state index contributed by atoms with van der Waals surface area (Å²) in [7, 11) is 0. The van der Waals surface area contributed by atoms with Crippen LogP contribution >= 0.6 is 0 Å². The second kappa shape index (κ2) is 3.74. The third-order valence-electron chi connectivity index (χ3n) is 1.36. The highest BCUT2D eigenvalue weighted by Crippen LogP contribution is 2.25. The van der Waals surface area contributed by atoms with E-state index in [1.807, 2.05) is 6.92 Å². The summed E-state index contributed by atoms with van der Waals surface area (Å²) in [5, 5.41) is 8.56. The molecule has 1 N–H and O–H groups in total. The fourth-order valence-electron chi connectivity index (χ4n) is 1.27. The monoisotopic (exact) mass is 159 g/mol. The minimum atomic E-state index is -1.02. The van der Waals surface area contributed by atoms with Gasteiger partial charge in [0.15, 0.2) is 0 Å². The van der Waals surface area contributed by atoms with Crippen LogP contribution in [0.1, 0.15) is 41.9 Å². The smallest absolute Gasteiger partial charge is 0.303 e. The van der Waals surface area contributed by atoms with E-state index < -0.39 is 12.4 Å². The van der Waals surface area contributed by atoms with Crippen molar-refractivity contribution < 1.29 is 11.3 Å². The van der Waals surface area contributed by atoms with Crippen LogP contribution in [-0.4, -0.2) is 11.1 Å². The number of rotatable bonds is 3. The van der Waals surface area contributed by atoms with Crippen LogP contribution < -0.4 is 0 Å². The molecular formula is C9H18O2. The summed E-state index contributed by atoms with van der Waals surface area (Å²) < 4.78 is 7.31. The SMILES string of the molecule is [2H]C(C(=O)O)C(C)CC(C)(C)C. The Morgan fingerprint density at radius 3 is 2.36 bits per heavy atom. The predicted molar refractivity (Wildman–Crippen MR) is 45.5 cm³/mol. The topological polar surface area (TPSA) is 37.3 Å². The van der Waals surface area contributed by atoms with Crippen LogP contribution in [0.15, 0.2) is 0 Å². The Hall–Kier alpha value is -0.530. The van der Waals surface area contributed by atoms with Gasteiger partial charge in [0, 0.05) is 7.77 Å². The van der Waals surface area contributed by atoms with Gasteiger partial charge in [-0.25, -0.2) is 0 Å². The van der Waals surface area contributed by atoms with Gasteiger partial charge >= 0.3 is 5.97 Å². The molecule has 66 valence electrons. The summed E-state index contributed by atoms with van der Waals surface area (Å²) in [4.78, 5) is 10.4. The van der Waals surface area contributed by atoms with E-state index in [4.69, 9.17) is 6.48 Å².